The Hall–Kier alpha value is -2.86. The molecule has 0 radical (unpaired) electrons. The lowest BCUT2D eigenvalue weighted by Gasteiger charge is -2.24. The third-order valence-corrected chi connectivity index (χ3v) is 6.28. The van der Waals surface area contributed by atoms with Crippen LogP contribution in [0.1, 0.15) is 71.2 Å². The molecule has 3 rings (SSSR count). The van der Waals surface area contributed by atoms with E-state index in [2.05, 4.69) is 58.9 Å². The number of hydrogen-bond donors (Lipinski definition) is 3. The Bertz CT molecular complexity index is 925. The number of aliphatic hydroxyl groups excluding tert-OH is 1. The minimum Gasteiger partial charge on any atom is -0.397 e. The van der Waals surface area contributed by atoms with Gasteiger partial charge in [0.05, 0.1) is 16.4 Å². The Balaban J connectivity index is 0. The fourth-order valence-electron chi connectivity index (χ4n) is 3.59. The van der Waals surface area contributed by atoms with Crippen molar-refractivity contribution in [3.8, 4) is 12.8 Å². The van der Waals surface area contributed by atoms with E-state index in [0.29, 0.717) is 0 Å². The molecule has 4 N–H and O–H groups in total. The van der Waals surface area contributed by atoms with E-state index in [1.165, 1.54) is 25.7 Å². The van der Waals surface area contributed by atoms with Gasteiger partial charge in [0, 0.05) is 25.4 Å². The number of halogens is 1. The summed E-state index contributed by atoms with van der Waals surface area (Å²) in [5.74, 6) is 0.288. The number of terminal acetylenes is 1. The number of carbonyl (C=O) groups excluding carboxylic acids is 1. The molecule has 2 atom stereocenters. The number of nitrogens with one attached hydrogen (secondary N) is 1. The average Bonchev–Trinajstić information content (AvgIpc) is 3.38. The highest BCUT2D eigenvalue weighted by molar-refractivity contribution is 9.10. The molecule has 1 aromatic heterocycles. The highest BCUT2D eigenvalue weighted by Crippen LogP contribution is 2.18. The Kier molecular flexibility index (Phi) is 23.8. The van der Waals surface area contributed by atoms with E-state index in [1.54, 1.807) is 23.9 Å². The van der Waals surface area contributed by atoms with Crippen LogP contribution in [0.5, 0.6) is 0 Å². The fourth-order valence-corrected chi connectivity index (χ4v) is 3.86. The molecule has 2 aliphatic heterocycles. The molecule has 39 heavy (non-hydrogen) atoms. The molecule has 0 aliphatic carbocycles. The first-order valence-electron chi connectivity index (χ1n) is 13.3. The van der Waals surface area contributed by atoms with Gasteiger partial charge in [-0.2, -0.15) is 5.10 Å². The zero-order chi connectivity index (χ0) is 30.2. The molecule has 3 heterocycles. The highest BCUT2D eigenvalue weighted by atomic mass is 79.9. The van der Waals surface area contributed by atoms with Crippen molar-refractivity contribution < 1.29 is 9.90 Å². The van der Waals surface area contributed by atoms with E-state index < -0.39 is 0 Å². The molecule has 0 saturated carbocycles. The van der Waals surface area contributed by atoms with Crippen molar-refractivity contribution >= 4 is 21.8 Å². The minimum atomic E-state index is -0.238. The van der Waals surface area contributed by atoms with E-state index in [4.69, 9.17) is 10.8 Å². The number of aromatic nitrogens is 2. The second-order valence-electron chi connectivity index (χ2n) is 8.87. The van der Waals surface area contributed by atoms with Crippen LogP contribution < -0.4 is 11.1 Å². The summed E-state index contributed by atoms with van der Waals surface area (Å²) in [6.45, 7) is 20.8. The molecule has 1 aromatic rings. The number of carbonyl (C=O) groups is 1. The molecular weight excluding hydrogens is 554 g/mol. The van der Waals surface area contributed by atoms with Crippen molar-refractivity contribution in [2.75, 3.05) is 19.7 Å². The zero-order valence-corrected chi connectivity index (χ0v) is 26.0. The van der Waals surface area contributed by atoms with Crippen molar-refractivity contribution in [3.05, 3.63) is 77.8 Å². The molecule has 2 fully saturated rings. The molecule has 7 nitrogen and oxygen atoms in total. The van der Waals surface area contributed by atoms with Crippen molar-refractivity contribution in [1.29, 1.82) is 0 Å². The van der Waals surface area contributed by atoms with Gasteiger partial charge in [-0.05, 0) is 75.4 Å². The van der Waals surface area contributed by atoms with Crippen molar-refractivity contribution in [1.82, 2.24) is 20.0 Å². The first-order valence-corrected chi connectivity index (χ1v) is 14.1. The maximum atomic E-state index is 12.1. The van der Waals surface area contributed by atoms with Crippen LogP contribution in [0.25, 0.3) is 0 Å². The van der Waals surface area contributed by atoms with Crippen LogP contribution in [0.3, 0.4) is 0 Å². The molecular formula is C31H50BrN5O2. The molecule has 1 amide bonds. The highest BCUT2D eigenvalue weighted by Gasteiger charge is 2.28. The van der Waals surface area contributed by atoms with Crippen LogP contribution in [-0.4, -0.2) is 51.4 Å². The van der Waals surface area contributed by atoms with Gasteiger partial charge in [-0.15, -0.1) is 12.8 Å². The fraction of sp³-hybridized carbons (Fsp3) is 0.484. The topological polar surface area (TPSA) is 96.4 Å². The Labute approximate surface area is 245 Å². The van der Waals surface area contributed by atoms with Gasteiger partial charge >= 0.3 is 0 Å². The summed E-state index contributed by atoms with van der Waals surface area (Å²) in [6.07, 6.45) is 25.6. The van der Waals surface area contributed by atoms with Crippen LogP contribution in [0, 0.1) is 19.8 Å². The number of allylic oxidation sites excluding steroid dienone is 6. The van der Waals surface area contributed by atoms with Crippen molar-refractivity contribution in [2.45, 2.75) is 78.4 Å². The number of aliphatic hydroxyl groups is 1. The van der Waals surface area contributed by atoms with Crippen LogP contribution in [0.15, 0.2) is 72.1 Å². The predicted molar refractivity (Wildman–Crippen MR) is 170 cm³/mol. The minimum absolute atomic E-state index is 0.00981. The lowest BCUT2D eigenvalue weighted by Crippen LogP contribution is -2.43. The normalized spacial score (nSPS) is 17.0. The van der Waals surface area contributed by atoms with E-state index in [1.807, 2.05) is 50.0 Å². The quantitative estimate of drug-likeness (QED) is 0.275. The summed E-state index contributed by atoms with van der Waals surface area (Å²) < 4.78 is 2.72. The average molecular weight is 605 g/mol. The molecule has 0 bridgehead atoms. The van der Waals surface area contributed by atoms with Gasteiger partial charge in [0.25, 0.3) is 0 Å². The predicted octanol–water partition coefficient (Wildman–Crippen LogP) is 6.19. The standard InChI is InChI=1S/C12H20N2O.C10H14BrN3.C5H8.C2H6O.C2H2/c1-10-6-7-11(13-10)12(15)14-8-4-2-3-5-9-14;1-7(2)4-5-10(12)14-8(3)9(11)6-13-14;1-3-5-4-2;1-2-3;1-2/h11,13H,1-9H2;4-6,10H,1,12H2,2-3H3;3-5H,1H2,2H3;3H,2H2,1H3;1-2H/b;;5-4-;;. The Morgan fingerprint density at radius 3 is 2.26 bits per heavy atom. The number of nitrogens with zero attached hydrogens (tertiary/aromatic N) is 3. The van der Waals surface area contributed by atoms with Gasteiger partial charge in [0.2, 0.25) is 5.91 Å². The summed E-state index contributed by atoms with van der Waals surface area (Å²) >= 11 is 3.38. The largest absolute Gasteiger partial charge is 0.397 e. The van der Waals surface area contributed by atoms with Crippen LogP contribution in [0.2, 0.25) is 0 Å². The van der Waals surface area contributed by atoms with Crippen LogP contribution in [-0.2, 0) is 4.79 Å². The maximum Gasteiger partial charge on any atom is 0.245 e. The van der Waals surface area contributed by atoms with Gasteiger partial charge in [0.1, 0.15) is 12.2 Å². The van der Waals surface area contributed by atoms with E-state index >= 15 is 0 Å². The summed E-state index contributed by atoms with van der Waals surface area (Å²) in [7, 11) is 0. The second kappa shape index (κ2) is 24.2. The van der Waals surface area contributed by atoms with Crippen LogP contribution >= 0.6 is 15.9 Å². The molecule has 0 spiro atoms. The van der Waals surface area contributed by atoms with Gasteiger partial charge < -0.3 is 21.1 Å². The van der Waals surface area contributed by atoms with Gasteiger partial charge in [-0.3, -0.25) is 4.79 Å². The molecule has 0 aromatic carbocycles. The molecule has 218 valence electrons. The van der Waals surface area contributed by atoms with E-state index in [9.17, 15) is 4.79 Å². The second-order valence-corrected chi connectivity index (χ2v) is 9.73. The third-order valence-electron chi connectivity index (χ3n) is 5.50. The molecule has 2 saturated heterocycles. The first-order chi connectivity index (χ1) is 18.6. The summed E-state index contributed by atoms with van der Waals surface area (Å²) in [4.78, 5) is 14.2. The number of likely N-dealkylation sites (tertiary alicyclic amines) is 1. The Morgan fingerprint density at radius 1 is 1.33 bits per heavy atom. The van der Waals surface area contributed by atoms with Crippen LogP contribution in [0.4, 0.5) is 0 Å². The van der Waals surface area contributed by atoms with Gasteiger partial charge in [-0.25, -0.2) is 4.68 Å². The number of amides is 1. The maximum absolute atomic E-state index is 12.1. The van der Waals surface area contributed by atoms with Crippen molar-refractivity contribution in [3.63, 3.8) is 0 Å². The molecule has 8 heteroatoms. The molecule has 2 aliphatic rings. The summed E-state index contributed by atoms with van der Waals surface area (Å²) in [6, 6.07) is 0.00981. The summed E-state index contributed by atoms with van der Waals surface area (Å²) in [5, 5.41) is 14.9. The smallest absolute Gasteiger partial charge is 0.245 e. The Morgan fingerprint density at radius 2 is 1.90 bits per heavy atom. The molecule has 2 unspecified atom stereocenters. The van der Waals surface area contributed by atoms with Gasteiger partial charge in [-0.1, -0.05) is 62.5 Å². The SMILES string of the molecule is C#C.C=C(C)C=CC(N)n1ncc(Br)c1C.C=C/C=C\C.C=C1CCC(C(=O)N2CCCCCC2)N1.CCO. The van der Waals surface area contributed by atoms with E-state index in [0.717, 1.165) is 47.4 Å². The zero-order valence-electron chi connectivity index (χ0n) is 24.4. The first kappa shape index (κ1) is 38.3. The third kappa shape index (κ3) is 17.4. The summed E-state index contributed by atoms with van der Waals surface area (Å²) in [5.41, 5.74) is 8.92. The number of nitrogens with two attached hydrogens (primary N) is 1. The lowest BCUT2D eigenvalue weighted by atomic mass is 10.2. The number of rotatable bonds is 5. The monoisotopic (exact) mass is 603 g/mol. The van der Waals surface area contributed by atoms with Gasteiger partial charge in [0.15, 0.2) is 0 Å². The number of hydrogen-bond acceptors (Lipinski definition) is 5. The van der Waals surface area contributed by atoms with Crippen molar-refractivity contribution in [2.24, 2.45) is 5.73 Å². The van der Waals surface area contributed by atoms with E-state index in [-0.39, 0.29) is 24.7 Å². The lowest BCUT2D eigenvalue weighted by molar-refractivity contribution is -0.132.